The number of aromatic amines is 1. The molecule has 0 fully saturated rings. The van der Waals surface area contributed by atoms with Crippen LogP contribution in [0.5, 0.6) is 0 Å². The fraction of sp³-hybridized carbons (Fsp3) is 0.444. The van der Waals surface area contributed by atoms with Crippen molar-refractivity contribution in [2.45, 2.75) is 52.7 Å². The molecule has 2 amide bonds. The summed E-state index contributed by atoms with van der Waals surface area (Å²) in [5.41, 5.74) is 2.45. The third-order valence-corrected chi connectivity index (χ3v) is 2.97. The molecule has 1 aromatic carbocycles. The Morgan fingerprint density at radius 3 is 2.24 bits per heavy atom. The quantitative estimate of drug-likeness (QED) is 0.751. The van der Waals surface area contributed by atoms with Crippen molar-refractivity contribution in [3.8, 4) is 0 Å². The molecule has 0 saturated heterocycles. The number of amides is 2. The van der Waals surface area contributed by atoms with Crippen LogP contribution in [0.2, 0.25) is 0 Å². The van der Waals surface area contributed by atoms with E-state index in [1.54, 1.807) is 59.9 Å². The number of nitrogens with zero attached hydrogens (tertiary/aromatic N) is 1. The van der Waals surface area contributed by atoms with Crippen LogP contribution in [-0.2, 0) is 9.47 Å². The standard InChI is InChI=1S/C18H25N3O4/c1-17(2,3)24-15(22)20-21(16(23)25-18(4,5)6)13-7-8-14-12(11-13)9-10-19-14/h7-11,19H,1-6H3,(H,20,22). The number of H-pyrrole nitrogens is 1. The maximum absolute atomic E-state index is 12.6. The largest absolute Gasteiger partial charge is 0.443 e. The summed E-state index contributed by atoms with van der Waals surface area (Å²) < 4.78 is 10.6. The number of rotatable bonds is 1. The van der Waals surface area contributed by atoms with Gasteiger partial charge in [0.05, 0.1) is 5.69 Å². The van der Waals surface area contributed by atoms with E-state index in [9.17, 15) is 9.59 Å². The van der Waals surface area contributed by atoms with E-state index in [0.29, 0.717) is 5.69 Å². The van der Waals surface area contributed by atoms with Gasteiger partial charge in [-0.2, -0.15) is 5.01 Å². The van der Waals surface area contributed by atoms with Crippen molar-refractivity contribution in [2.75, 3.05) is 5.01 Å². The number of carbonyl (C=O) groups excluding carboxylic acids is 2. The maximum atomic E-state index is 12.6. The number of carbonyl (C=O) groups is 2. The maximum Gasteiger partial charge on any atom is 0.434 e. The van der Waals surface area contributed by atoms with Crippen molar-refractivity contribution in [3.05, 3.63) is 30.5 Å². The minimum atomic E-state index is -0.743. The number of ether oxygens (including phenoxy) is 2. The van der Waals surface area contributed by atoms with E-state index in [4.69, 9.17) is 9.47 Å². The number of hydrogen-bond acceptors (Lipinski definition) is 4. The van der Waals surface area contributed by atoms with Gasteiger partial charge in [-0.25, -0.2) is 15.0 Å². The second-order valence-corrected chi connectivity index (χ2v) is 7.68. The molecule has 0 aliphatic carbocycles. The fourth-order valence-corrected chi connectivity index (χ4v) is 2.10. The number of aromatic nitrogens is 1. The average molecular weight is 347 g/mol. The summed E-state index contributed by atoms with van der Waals surface area (Å²) >= 11 is 0. The number of anilines is 1. The van der Waals surface area contributed by atoms with Crippen molar-refractivity contribution in [2.24, 2.45) is 0 Å². The summed E-state index contributed by atoms with van der Waals surface area (Å²) in [4.78, 5) is 27.8. The molecule has 2 N–H and O–H groups in total. The van der Waals surface area contributed by atoms with Gasteiger partial charge in [-0.05, 0) is 65.8 Å². The molecule has 2 rings (SSSR count). The number of benzene rings is 1. The molecule has 0 aliphatic rings. The second-order valence-electron chi connectivity index (χ2n) is 7.68. The van der Waals surface area contributed by atoms with Gasteiger partial charge in [0.15, 0.2) is 0 Å². The molecule has 136 valence electrons. The van der Waals surface area contributed by atoms with Crippen molar-refractivity contribution in [1.82, 2.24) is 10.4 Å². The number of fused-ring (bicyclic) bond motifs is 1. The third kappa shape index (κ3) is 5.41. The molecule has 0 radical (unpaired) electrons. The molecule has 1 aromatic heterocycles. The summed E-state index contributed by atoms with van der Waals surface area (Å²) in [7, 11) is 0. The Morgan fingerprint density at radius 2 is 1.64 bits per heavy atom. The van der Waals surface area contributed by atoms with Gasteiger partial charge in [0.25, 0.3) is 0 Å². The van der Waals surface area contributed by atoms with Gasteiger partial charge in [-0.3, -0.25) is 0 Å². The zero-order chi connectivity index (χ0) is 18.8. The zero-order valence-corrected chi connectivity index (χ0v) is 15.5. The third-order valence-electron chi connectivity index (χ3n) is 2.97. The first-order chi connectivity index (χ1) is 11.4. The predicted molar refractivity (Wildman–Crippen MR) is 96.4 cm³/mol. The van der Waals surface area contributed by atoms with Crippen molar-refractivity contribution < 1.29 is 19.1 Å². The Bertz CT molecular complexity index is 768. The van der Waals surface area contributed by atoms with E-state index >= 15 is 0 Å². The van der Waals surface area contributed by atoms with Gasteiger partial charge < -0.3 is 14.5 Å². The molecular formula is C18H25N3O4. The Labute approximate surface area is 147 Å². The molecule has 1 heterocycles. The second kappa shape index (κ2) is 6.66. The molecular weight excluding hydrogens is 322 g/mol. The summed E-state index contributed by atoms with van der Waals surface area (Å²) in [5.74, 6) is 0. The Morgan fingerprint density at radius 1 is 1.00 bits per heavy atom. The number of nitrogens with one attached hydrogen (secondary N) is 2. The van der Waals surface area contributed by atoms with Crippen LogP contribution in [0.1, 0.15) is 41.5 Å². The van der Waals surface area contributed by atoms with Crippen molar-refractivity contribution in [1.29, 1.82) is 0 Å². The van der Waals surface area contributed by atoms with Gasteiger partial charge in [0.2, 0.25) is 0 Å². The van der Waals surface area contributed by atoms with Crippen LogP contribution in [0, 0.1) is 0 Å². The Kier molecular flexibility index (Phi) is 4.97. The van der Waals surface area contributed by atoms with Gasteiger partial charge in [-0.15, -0.1) is 0 Å². The van der Waals surface area contributed by atoms with E-state index in [1.807, 2.05) is 12.1 Å². The van der Waals surface area contributed by atoms with Gasteiger partial charge >= 0.3 is 12.2 Å². The molecule has 0 aliphatic heterocycles. The van der Waals surface area contributed by atoms with Crippen molar-refractivity contribution >= 4 is 28.8 Å². The average Bonchev–Trinajstić information content (AvgIpc) is 2.88. The van der Waals surface area contributed by atoms with Crippen LogP contribution in [0.4, 0.5) is 15.3 Å². The minimum absolute atomic E-state index is 0.465. The SMILES string of the molecule is CC(C)(C)OC(=O)NN(C(=O)OC(C)(C)C)c1ccc2[nH]ccc2c1. The minimum Gasteiger partial charge on any atom is -0.443 e. The summed E-state index contributed by atoms with van der Waals surface area (Å²) in [5, 5.41) is 1.95. The van der Waals surface area contributed by atoms with E-state index in [1.165, 1.54) is 0 Å². The van der Waals surface area contributed by atoms with Crippen LogP contribution in [-0.4, -0.2) is 28.4 Å². The normalized spacial score (nSPS) is 11.9. The summed E-state index contributed by atoms with van der Waals surface area (Å²) in [6.07, 6.45) is 0.355. The first kappa shape index (κ1) is 18.6. The topological polar surface area (TPSA) is 83.7 Å². The van der Waals surface area contributed by atoms with E-state index in [0.717, 1.165) is 15.9 Å². The monoisotopic (exact) mass is 347 g/mol. The highest BCUT2D eigenvalue weighted by Crippen LogP contribution is 2.22. The lowest BCUT2D eigenvalue weighted by Gasteiger charge is -2.28. The molecule has 0 saturated carbocycles. The number of hydrazine groups is 1. The molecule has 0 spiro atoms. The molecule has 25 heavy (non-hydrogen) atoms. The van der Waals surface area contributed by atoms with E-state index in [2.05, 4.69) is 10.4 Å². The molecule has 0 atom stereocenters. The first-order valence-electron chi connectivity index (χ1n) is 8.04. The zero-order valence-electron chi connectivity index (χ0n) is 15.5. The van der Waals surface area contributed by atoms with Crippen LogP contribution < -0.4 is 10.4 Å². The van der Waals surface area contributed by atoms with Crippen molar-refractivity contribution in [3.63, 3.8) is 0 Å². The van der Waals surface area contributed by atoms with Gasteiger partial charge in [0, 0.05) is 17.1 Å². The highest BCUT2D eigenvalue weighted by atomic mass is 16.6. The molecule has 2 aromatic rings. The molecule has 7 nitrogen and oxygen atoms in total. The smallest absolute Gasteiger partial charge is 0.434 e. The van der Waals surface area contributed by atoms with E-state index < -0.39 is 23.4 Å². The van der Waals surface area contributed by atoms with Crippen LogP contribution in [0.3, 0.4) is 0 Å². The first-order valence-corrected chi connectivity index (χ1v) is 8.04. The summed E-state index contributed by atoms with van der Waals surface area (Å²) in [6, 6.07) is 7.17. The van der Waals surface area contributed by atoms with Gasteiger partial charge in [0.1, 0.15) is 11.2 Å². The lowest BCUT2D eigenvalue weighted by atomic mass is 10.2. The highest BCUT2D eigenvalue weighted by Gasteiger charge is 2.27. The highest BCUT2D eigenvalue weighted by molar-refractivity contribution is 5.94. The fourth-order valence-electron chi connectivity index (χ4n) is 2.10. The summed E-state index contributed by atoms with van der Waals surface area (Å²) in [6.45, 7) is 10.5. The van der Waals surface area contributed by atoms with E-state index in [-0.39, 0.29) is 0 Å². The Balaban J connectivity index is 2.30. The van der Waals surface area contributed by atoms with Gasteiger partial charge in [-0.1, -0.05) is 0 Å². The lowest BCUT2D eigenvalue weighted by molar-refractivity contribution is 0.0425. The molecule has 0 bridgehead atoms. The lowest BCUT2D eigenvalue weighted by Crippen LogP contribution is -2.50. The molecule has 0 unspecified atom stereocenters. The van der Waals surface area contributed by atoms with Crippen LogP contribution in [0.15, 0.2) is 30.5 Å². The van der Waals surface area contributed by atoms with Crippen LogP contribution >= 0.6 is 0 Å². The number of hydrogen-bond donors (Lipinski definition) is 2. The molecule has 7 heteroatoms. The van der Waals surface area contributed by atoms with Crippen LogP contribution in [0.25, 0.3) is 10.9 Å². The Hall–Kier alpha value is -2.70. The predicted octanol–water partition coefficient (Wildman–Crippen LogP) is 4.35.